The highest BCUT2D eigenvalue weighted by atomic mass is 19.4. The van der Waals surface area contributed by atoms with Gasteiger partial charge in [0.1, 0.15) is 34.1 Å². The molecule has 0 radical (unpaired) electrons. The minimum atomic E-state index is -4.80. The van der Waals surface area contributed by atoms with E-state index in [0.717, 1.165) is 0 Å². The molecular weight excluding hydrogens is 437 g/mol. The Morgan fingerprint density at radius 2 is 1.94 bits per heavy atom. The Hall–Kier alpha value is -4.08. The van der Waals surface area contributed by atoms with Crippen LogP contribution in [0.2, 0.25) is 0 Å². The quantitative estimate of drug-likeness (QED) is 0.503. The molecule has 0 fully saturated rings. The summed E-state index contributed by atoms with van der Waals surface area (Å²) in [6.45, 7) is 0.269. The van der Waals surface area contributed by atoms with Gasteiger partial charge < -0.3 is 19.2 Å². The lowest BCUT2D eigenvalue weighted by Gasteiger charge is -2.38. The molecule has 0 unspecified atom stereocenters. The molecule has 0 bridgehead atoms. The molecule has 168 valence electrons. The second-order valence-electron chi connectivity index (χ2n) is 7.47. The van der Waals surface area contributed by atoms with E-state index in [-0.39, 0.29) is 18.1 Å². The highest BCUT2D eigenvalue weighted by molar-refractivity contribution is 5.94. The zero-order chi connectivity index (χ0) is 23.1. The summed E-state index contributed by atoms with van der Waals surface area (Å²) in [7, 11) is 0. The van der Waals surface area contributed by atoms with Crippen molar-refractivity contribution >= 4 is 11.6 Å². The maximum Gasteiger partial charge on any atom is 0.573 e. The van der Waals surface area contributed by atoms with Crippen molar-refractivity contribution in [2.75, 3.05) is 6.61 Å². The summed E-state index contributed by atoms with van der Waals surface area (Å²) in [5.41, 5.74) is 0.658. The van der Waals surface area contributed by atoms with Gasteiger partial charge in [-0.25, -0.2) is 4.98 Å². The molecule has 0 saturated heterocycles. The van der Waals surface area contributed by atoms with Gasteiger partial charge in [0.15, 0.2) is 0 Å². The summed E-state index contributed by atoms with van der Waals surface area (Å²) in [6, 6.07) is 14.2. The molecular formula is C23H17F3N4O3. The Balaban J connectivity index is 1.56. The van der Waals surface area contributed by atoms with E-state index in [1.807, 2.05) is 12.1 Å². The Bertz CT molecular complexity index is 1290. The Kier molecular flexibility index (Phi) is 4.92. The number of fused-ring (bicyclic) bond motifs is 2. The average molecular weight is 454 g/mol. The summed E-state index contributed by atoms with van der Waals surface area (Å²) < 4.78 is 49.2. The second-order valence-corrected chi connectivity index (χ2v) is 7.47. The third-order valence-electron chi connectivity index (χ3n) is 5.41. The molecule has 1 atom stereocenters. The predicted molar refractivity (Wildman–Crippen MR) is 111 cm³/mol. The first-order valence-electron chi connectivity index (χ1n) is 10.0. The van der Waals surface area contributed by atoms with Crippen molar-refractivity contribution in [1.82, 2.24) is 19.7 Å². The van der Waals surface area contributed by atoms with Gasteiger partial charge in [0.25, 0.3) is 5.91 Å². The number of alkyl halides is 3. The number of pyridine rings is 2. The van der Waals surface area contributed by atoms with Crippen LogP contribution < -0.4 is 14.8 Å². The molecule has 3 aromatic heterocycles. The number of benzene rings is 1. The summed E-state index contributed by atoms with van der Waals surface area (Å²) in [5.74, 6) is -0.330. The highest BCUT2D eigenvalue weighted by Crippen LogP contribution is 2.41. The first kappa shape index (κ1) is 20.8. The number of hydrogen-bond donors (Lipinski definition) is 1. The first-order valence-corrected chi connectivity index (χ1v) is 10.0. The van der Waals surface area contributed by atoms with Crippen LogP contribution in [0.15, 0.2) is 73.2 Å². The smallest absolute Gasteiger partial charge is 0.491 e. The number of nitrogens with one attached hydrogen (secondary N) is 1. The van der Waals surface area contributed by atoms with Crippen LogP contribution in [-0.4, -0.2) is 33.2 Å². The molecule has 0 saturated carbocycles. The van der Waals surface area contributed by atoms with Crippen LogP contribution in [0, 0.1) is 0 Å². The van der Waals surface area contributed by atoms with Gasteiger partial charge in [-0.15, -0.1) is 13.2 Å². The SMILES string of the molecule is O=C(N[C@]1(c2ccc(OC(F)(F)F)cc2)CCOc2cccnc21)c1cn2ccccc2n1. The van der Waals surface area contributed by atoms with E-state index in [1.165, 1.54) is 24.3 Å². The molecule has 4 heterocycles. The third kappa shape index (κ3) is 3.95. The van der Waals surface area contributed by atoms with E-state index in [2.05, 4.69) is 20.0 Å². The number of ether oxygens (including phenoxy) is 2. The van der Waals surface area contributed by atoms with Crippen LogP contribution in [0.4, 0.5) is 13.2 Å². The number of nitrogens with zero attached hydrogens (tertiary/aromatic N) is 3. The van der Waals surface area contributed by atoms with Crippen LogP contribution in [0.5, 0.6) is 11.5 Å². The van der Waals surface area contributed by atoms with Crippen molar-refractivity contribution < 1.29 is 27.4 Å². The minimum Gasteiger partial charge on any atom is -0.491 e. The normalized spacial score (nSPS) is 17.8. The van der Waals surface area contributed by atoms with Crippen molar-refractivity contribution in [1.29, 1.82) is 0 Å². The van der Waals surface area contributed by atoms with Gasteiger partial charge in [0, 0.05) is 25.0 Å². The lowest BCUT2D eigenvalue weighted by Crippen LogP contribution is -2.50. The number of imidazole rings is 1. The van der Waals surface area contributed by atoms with Crippen molar-refractivity contribution in [3.05, 3.63) is 90.1 Å². The van der Waals surface area contributed by atoms with E-state index in [1.54, 1.807) is 41.2 Å². The molecule has 0 spiro atoms. The first-order chi connectivity index (χ1) is 15.8. The third-order valence-corrected chi connectivity index (χ3v) is 5.41. The molecule has 1 aliphatic heterocycles. The van der Waals surface area contributed by atoms with Crippen molar-refractivity contribution in [3.8, 4) is 11.5 Å². The molecule has 33 heavy (non-hydrogen) atoms. The minimum absolute atomic E-state index is 0.196. The second kappa shape index (κ2) is 7.80. The van der Waals surface area contributed by atoms with Crippen molar-refractivity contribution in [3.63, 3.8) is 0 Å². The lowest BCUT2D eigenvalue weighted by atomic mass is 9.81. The zero-order valence-electron chi connectivity index (χ0n) is 17.0. The lowest BCUT2D eigenvalue weighted by molar-refractivity contribution is -0.274. The average Bonchev–Trinajstić information content (AvgIpc) is 3.23. The van der Waals surface area contributed by atoms with Gasteiger partial charge in [-0.05, 0) is 42.0 Å². The molecule has 5 rings (SSSR count). The van der Waals surface area contributed by atoms with Crippen LogP contribution in [0.3, 0.4) is 0 Å². The van der Waals surface area contributed by atoms with Gasteiger partial charge in [0.2, 0.25) is 0 Å². The zero-order valence-corrected chi connectivity index (χ0v) is 17.0. The predicted octanol–water partition coefficient (Wildman–Crippen LogP) is 4.08. The van der Waals surface area contributed by atoms with Gasteiger partial charge in [-0.2, -0.15) is 0 Å². The number of hydrogen-bond acceptors (Lipinski definition) is 5. The number of halogens is 3. The maximum atomic E-state index is 13.3. The fraction of sp³-hybridized carbons (Fsp3) is 0.174. The summed E-state index contributed by atoms with van der Waals surface area (Å²) >= 11 is 0. The molecule has 1 N–H and O–H groups in total. The van der Waals surface area contributed by atoms with E-state index < -0.39 is 17.8 Å². The number of carbonyl (C=O) groups is 1. The van der Waals surface area contributed by atoms with Crippen LogP contribution >= 0.6 is 0 Å². The van der Waals surface area contributed by atoms with Crippen molar-refractivity contribution in [2.24, 2.45) is 0 Å². The maximum absolute atomic E-state index is 13.3. The molecule has 7 nitrogen and oxygen atoms in total. The fourth-order valence-corrected chi connectivity index (χ4v) is 3.98. The van der Waals surface area contributed by atoms with Gasteiger partial charge in [-0.3, -0.25) is 9.78 Å². The fourth-order valence-electron chi connectivity index (χ4n) is 3.98. The number of amides is 1. The standard InChI is InChI=1S/C23H17F3N4O3/c24-23(25,26)33-16-8-6-15(7-9-16)22(10-13-32-18-4-3-11-27-20(18)22)29-21(31)17-14-30-12-2-1-5-19(30)28-17/h1-9,11-12,14H,10,13H2,(H,29,31)/t22-/m0/s1. The molecule has 1 amide bonds. The molecule has 1 aromatic carbocycles. The summed E-state index contributed by atoms with van der Waals surface area (Å²) in [5, 5.41) is 3.03. The number of carbonyl (C=O) groups excluding carboxylic acids is 1. The van der Waals surface area contributed by atoms with Gasteiger partial charge in [0.05, 0.1) is 6.61 Å². The molecule has 4 aromatic rings. The summed E-state index contributed by atoms with van der Waals surface area (Å²) in [4.78, 5) is 22.1. The topological polar surface area (TPSA) is 77.8 Å². The van der Waals surface area contributed by atoms with Gasteiger partial charge in [-0.1, -0.05) is 18.2 Å². The Labute approximate surface area is 185 Å². The number of rotatable bonds is 4. The Morgan fingerprint density at radius 3 is 2.70 bits per heavy atom. The highest BCUT2D eigenvalue weighted by Gasteiger charge is 2.43. The summed E-state index contributed by atoms with van der Waals surface area (Å²) in [6.07, 6.45) is 0.469. The van der Waals surface area contributed by atoms with E-state index in [0.29, 0.717) is 29.1 Å². The van der Waals surface area contributed by atoms with Crippen LogP contribution in [0.25, 0.3) is 5.65 Å². The molecule has 0 aliphatic carbocycles. The molecule has 1 aliphatic rings. The largest absolute Gasteiger partial charge is 0.573 e. The van der Waals surface area contributed by atoms with E-state index in [9.17, 15) is 18.0 Å². The molecule has 10 heteroatoms. The Morgan fingerprint density at radius 1 is 1.12 bits per heavy atom. The van der Waals surface area contributed by atoms with Gasteiger partial charge >= 0.3 is 6.36 Å². The van der Waals surface area contributed by atoms with Crippen LogP contribution in [-0.2, 0) is 5.54 Å². The monoisotopic (exact) mass is 454 g/mol. The van der Waals surface area contributed by atoms with E-state index >= 15 is 0 Å². The van der Waals surface area contributed by atoms with Crippen LogP contribution in [0.1, 0.15) is 28.2 Å². The van der Waals surface area contributed by atoms with Crippen molar-refractivity contribution in [2.45, 2.75) is 18.3 Å². The number of aromatic nitrogens is 3. The van der Waals surface area contributed by atoms with E-state index in [4.69, 9.17) is 4.74 Å².